The summed E-state index contributed by atoms with van der Waals surface area (Å²) in [5.41, 5.74) is -0.861. The first-order valence-electron chi connectivity index (χ1n) is 7.86. The Labute approximate surface area is 169 Å². The highest BCUT2D eigenvalue weighted by molar-refractivity contribution is 6.66. The minimum atomic E-state index is -4.48. The van der Waals surface area contributed by atoms with Gasteiger partial charge in [0.25, 0.3) is 0 Å². The molecule has 4 nitrogen and oxygen atoms in total. The molecule has 0 radical (unpaired) electrons. The fourth-order valence-corrected chi connectivity index (χ4v) is 2.52. The third kappa shape index (κ3) is 6.07. The lowest BCUT2D eigenvalue weighted by Gasteiger charge is -2.17. The molecule has 0 saturated carbocycles. The summed E-state index contributed by atoms with van der Waals surface area (Å²) in [6.45, 7) is 1.67. The van der Waals surface area contributed by atoms with E-state index < -0.39 is 23.1 Å². The first kappa shape index (κ1) is 21.9. The van der Waals surface area contributed by atoms with Crippen LogP contribution in [0.3, 0.4) is 0 Å². The van der Waals surface area contributed by atoms with Crippen molar-refractivity contribution in [2.45, 2.75) is 19.2 Å². The summed E-state index contributed by atoms with van der Waals surface area (Å²) in [5.74, 6) is 1.13. The van der Waals surface area contributed by atoms with Crippen LogP contribution >= 0.6 is 23.2 Å². The quantitative estimate of drug-likeness (QED) is 0.295. The van der Waals surface area contributed by atoms with E-state index in [0.29, 0.717) is 11.5 Å². The van der Waals surface area contributed by atoms with Crippen LogP contribution in [0.4, 0.5) is 13.2 Å². The maximum absolute atomic E-state index is 12.7. The van der Waals surface area contributed by atoms with Gasteiger partial charge in [0.1, 0.15) is 23.0 Å². The Morgan fingerprint density at radius 3 is 2.21 bits per heavy atom. The van der Waals surface area contributed by atoms with Gasteiger partial charge in [-0.25, -0.2) is 0 Å². The van der Waals surface area contributed by atoms with E-state index in [0.717, 1.165) is 24.3 Å². The topological polar surface area (TPSA) is 44.8 Å². The van der Waals surface area contributed by atoms with E-state index in [9.17, 15) is 18.0 Å². The van der Waals surface area contributed by atoms with Crippen LogP contribution in [0.15, 0.2) is 54.3 Å². The van der Waals surface area contributed by atoms with Crippen molar-refractivity contribution in [2.75, 3.05) is 7.11 Å². The summed E-state index contributed by atoms with van der Waals surface area (Å²) in [5, 5.41) is -0.853. The van der Waals surface area contributed by atoms with E-state index in [4.69, 9.17) is 37.4 Å². The highest BCUT2D eigenvalue weighted by atomic mass is 35.5. The van der Waals surface area contributed by atoms with E-state index >= 15 is 0 Å². The molecular weight excluding hydrogens is 420 g/mol. The molecule has 0 aliphatic rings. The molecule has 0 amide bonds. The van der Waals surface area contributed by atoms with E-state index in [2.05, 4.69) is 0 Å². The lowest BCUT2D eigenvalue weighted by atomic mass is 10.2. The van der Waals surface area contributed by atoms with Gasteiger partial charge in [-0.05, 0) is 61.0 Å². The number of hydrogen-bond acceptors (Lipinski definition) is 4. The molecule has 0 fully saturated rings. The van der Waals surface area contributed by atoms with Crippen molar-refractivity contribution >= 4 is 28.4 Å². The van der Waals surface area contributed by atoms with Crippen molar-refractivity contribution < 1.29 is 32.2 Å². The maximum Gasteiger partial charge on any atom is 0.416 e. The van der Waals surface area contributed by atoms with Gasteiger partial charge in [-0.2, -0.15) is 13.2 Å². The first-order chi connectivity index (χ1) is 13.1. The molecule has 1 atom stereocenters. The molecule has 0 bridgehead atoms. The maximum atomic E-state index is 12.7. The summed E-state index contributed by atoms with van der Waals surface area (Å²) < 4.78 is 54.2. The smallest absolute Gasteiger partial charge is 0.416 e. The molecule has 0 aromatic heterocycles. The zero-order valence-electron chi connectivity index (χ0n) is 14.7. The Balaban J connectivity index is 2.08. The first-order valence-corrected chi connectivity index (χ1v) is 8.62. The Hall–Kier alpha value is -2.38. The third-order valence-electron chi connectivity index (χ3n) is 3.52. The van der Waals surface area contributed by atoms with Crippen LogP contribution in [-0.4, -0.2) is 18.5 Å². The Bertz CT molecular complexity index is 864. The van der Waals surface area contributed by atoms with Gasteiger partial charge in [0.15, 0.2) is 6.10 Å². The molecule has 0 saturated heterocycles. The van der Waals surface area contributed by atoms with Crippen molar-refractivity contribution in [3.05, 3.63) is 64.9 Å². The van der Waals surface area contributed by atoms with E-state index in [-0.39, 0.29) is 16.5 Å². The van der Waals surface area contributed by atoms with Gasteiger partial charge in [-0.15, -0.1) is 0 Å². The third-order valence-corrected chi connectivity index (χ3v) is 3.92. The molecule has 2 aromatic rings. The predicted octanol–water partition coefficient (Wildman–Crippen LogP) is 6.21. The molecule has 9 heteroatoms. The van der Waals surface area contributed by atoms with Crippen LogP contribution in [0.25, 0.3) is 0 Å². The minimum absolute atomic E-state index is 0.0851. The van der Waals surface area contributed by atoms with Gasteiger partial charge in [0.2, 0.25) is 5.24 Å². The summed E-state index contributed by atoms with van der Waals surface area (Å²) in [6.07, 6.45) is -3.96. The predicted molar refractivity (Wildman–Crippen MR) is 99.0 cm³/mol. The molecule has 2 rings (SSSR count). The van der Waals surface area contributed by atoms with Gasteiger partial charge in [0.05, 0.1) is 17.7 Å². The van der Waals surface area contributed by atoms with Gasteiger partial charge >= 0.3 is 6.18 Å². The van der Waals surface area contributed by atoms with Gasteiger partial charge in [-0.1, -0.05) is 11.6 Å². The molecular formula is C19H15Cl2F3O4. The lowest BCUT2D eigenvalue weighted by Crippen LogP contribution is -2.17. The summed E-state index contributed by atoms with van der Waals surface area (Å²) in [6, 6.07) is 9.11. The van der Waals surface area contributed by atoms with Crippen LogP contribution in [-0.2, 0) is 15.7 Å². The molecule has 28 heavy (non-hydrogen) atoms. The fraction of sp³-hybridized carbons (Fsp3) is 0.211. The molecule has 0 heterocycles. The highest BCUT2D eigenvalue weighted by Crippen LogP contribution is 2.36. The summed E-state index contributed by atoms with van der Waals surface area (Å²) in [7, 11) is 1.39. The normalized spacial score (nSPS) is 13.0. The number of benzene rings is 2. The SMILES string of the molecule is COC(=CC(=O)Cl)C(C)Oc1ccc(Oc2ccc(C(F)(F)F)cc2Cl)cc1. The van der Waals surface area contributed by atoms with E-state index in [1.807, 2.05) is 0 Å². The Kier molecular flexibility index (Phi) is 7.21. The molecule has 0 N–H and O–H groups in total. The standard InChI is InChI=1S/C19H15Cl2F3O4/c1-11(17(26-2)10-18(21)25)27-13-4-6-14(7-5-13)28-16-8-3-12(9-15(16)20)19(22,23)24/h3-11H,1-2H3. The van der Waals surface area contributed by atoms with Crippen molar-refractivity contribution in [3.63, 3.8) is 0 Å². The van der Waals surface area contributed by atoms with Crippen LogP contribution in [0.2, 0.25) is 5.02 Å². The average molecular weight is 435 g/mol. The molecule has 150 valence electrons. The number of carbonyl (C=O) groups excluding carboxylic acids is 1. The minimum Gasteiger partial charge on any atom is -0.497 e. The van der Waals surface area contributed by atoms with Crippen LogP contribution in [0, 0.1) is 0 Å². The van der Waals surface area contributed by atoms with Crippen LogP contribution < -0.4 is 9.47 Å². The number of alkyl halides is 3. The van der Waals surface area contributed by atoms with Crippen LogP contribution in [0.1, 0.15) is 12.5 Å². The molecule has 2 aromatic carbocycles. The van der Waals surface area contributed by atoms with Crippen LogP contribution in [0.5, 0.6) is 17.2 Å². The molecule has 0 aliphatic heterocycles. The van der Waals surface area contributed by atoms with Gasteiger partial charge in [-0.3, -0.25) is 4.79 Å². The summed E-state index contributed by atoms with van der Waals surface area (Å²) in [4.78, 5) is 11.0. The monoisotopic (exact) mass is 434 g/mol. The molecule has 0 spiro atoms. The number of rotatable bonds is 7. The zero-order chi connectivity index (χ0) is 20.9. The second kappa shape index (κ2) is 9.21. The number of methoxy groups -OCH3 is 1. The van der Waals surface area contributed by atoms with E-state index in [1.165, 1.54) is 7.11 Å². The number of ether oxygens (including phenoxy) is 3. The number of carbonyl (C=O) groups is 1. The van der Waals surface area contributed by atoms with Gasteiger partial charge in [0, 0.05) is 6.08 Å². The number of hydrogen-bond donors (Lipinski definition) is 0. The highest BCUT2D eigenvalue weighted by Gasteiger charge is 2.31. The second-order valence-electron chi connectivity index (χ2n) is 5.53. The lowest BCUT2D eigenvalue weighted by molar-refractivity contribution is -0.137. The molecule has 0 aliphatic carbocycles. The second-order valence-corrected chi connectivity index (χ2v) is 6.31. The molecule has 1 unspecified atom stereocenters. The van der Waals surface area contributed by atoms with Crippen molar-refractivity contribution in [3.8, 4) is 17.2 Å². The average Bonchev–Trinajstić information content (AvgIpc) is 2.61. The van der Waals surface area contributed by atoms with Crippen molar-refractivity contribution in [1.82, 2.24) is 0 Å². The zero-order valence-corrected chi connectivity index (χ0v) is 16.2. The van der Waals surface area contributed by atoms with Crippen molar-refractivity contribution in [2.24, 2.45) is 0 Å². The van der Waals surface area contributed by atoms with Crippen molar-refractivity contribution in [1.29, 1.82) is 0 Å². The number of halogens is 5. The Morgan fingerprint density at radius 1 is 1.11 bits per heavy atom. The number of allylic oxidation sites excluding steroid dienone is 1. The summed E-state index contributed by atoms with van der Waals surface area (Å²) >= 11 is 11.2. The largest absolute Gasteiger partial charge is 0.497 e. The van der Waals surface area contributed by atoms with E-state index in [1.54, 1.807) is 31.2 Å². The fourth-order valence-electron chi connectivity index (χ4n) is 2.19. The van der Waals surface area contributed by atoms with Gasteiger partial charge < -0.3 is 14.2 Å². The Morgan fingerprint density at radius 2 is 1.71 bits per heavy atom.